The number of H-pyrrole nitrogens is 1. The SMILES string of the molecule is Cc1cccc(-c2[nH]cnc2-c2ccc3ncc(C4=CCC(NCc5ccccc5)CC4)cc3c2)n1. The van der Waals surface area contributed by atoms with Crippen molar-refractivity contribution in [2.24, 2.45) is 0 Å². The highest BCUT2D eigenvalue weighted by Gasteiger charge is 2.17. The van der Waals surface area contributed by atoms with E-state index >= 15 is 0 Å². The lowest BCUT2D eigenvalue weighted by Crippen LogP contribution is -2.29. The first-order chi connectivity index (χ1) is 17.7. The Bertz CT molecular complexity index is 1530. The standard InChI is InChI=1S/C31H29N5/c1-21-6-5-9-29(36-21)31-30(34-20-35-31)24-12-15-28-25(16-24)17-26(19-33-28)23-10-13-27(14-11-23)32-18-22-7-3-2-4-8-22/h2-10,12,15-17,19-20,27,32H,11,13-14,18H2,1H3,(H,34,35). The summed E-state index contributed by atoms with van der Waals surface area (Å²) in [6.07, 6.45) is 9.37. The normalized spacial score (nSPS) is 15.7. The molecule has 6 rings (SSSR count). The molecule has 5 nitrogen and oxygen atoms in total. The molecule has 1 atom stereocenters. The summed E-state index contributed by atoms with van der Waals surface area (Å²) >= 11 is 0. The second-order valence-corrected chi connectivity index (χ2v) is 9.49. The van der Waals surface area contributed by atoms with Gasteiger partial charge in [0, 0.05) is 35.4 Å². The van der Waals surface area contributed by atoms with E-state index in [2.05, 4.69) is 80.9 Å². The predicted molar refractivity (Wildman–Crippen MR) is 146 cm³/mol. The van der Waals surface area contributed by atoms with E-state index < -0.39 is 0 Å². The molecule has 2 aromatic carbocycles. The smallest absolute Gasteiger partial charge is 0.0977 e. The molecule has 0 spiro atoms. The lowest BCUT2D eigenvalue weighted by Gasteiger charge is -2.23. The van der Waals surface area contributed by atoms with Gasteiger partial charge in [0.1, 0.15) is 0 Å². The van der Waals surface area contributed by atoms with Crippen LogP contribution in [0.3, 0.4) is 0 Å². The van der Waals surface area contributed by atoms with Crippen LogP contribution in [0.5, 0.6) is 0 Å². The van der Waals surface area contributed by atoms with Crippen LogP contribution in [0.2, 0.25) is 0 Å². The third kappa shape index (κ3) is 4.70. The van der Waals surface area contributed by atoms with Gasteiger partial charge in [0.2, 0.25) is 0 Å². The lowest BCUT2D eigenvalue weighted by molar-refractivity contribution is 0.478. The van der Waals surface area contributed by atoms with Gasteiger partial charge in [0.15, 0.2) is 0 Å². The van der Waals surface area contributed by atoms with E-state index in [0.717, 1.165) is 65.0 Å². The van der Waals surface area contributed by atoms with Gasteiger partial charge in [-0.15, -0.1) is 0 Å². The van der Waals surface area contributed by atoms with Gasteiger partial charge >= 0.3 is 0 Å². The summed E-state index contributed by atoms with van der Waals surface area (Å²) in [6.45, 7) is 2.92. The Morgan fingerprint density at radius 1 is 0.944 bits per heavy atom. The van der Waals surface area contributed by atoms with Crippen LogP contribution in [-0.2, 0) is 6.54 Å². The molecule has 5 aromatic rings. The molecule has 178 valence electrons. The lowest BCUT2D eigenvalue weighted by atomic mass is 9.90. The van der Waals surface area contributed by atoms with Crippen LogP contribution in [-0.4, -0.2) is 26.0 Å². The number of aryl methyl sites for hydroxylation is 1. The fraction of sp³-hybridized carbons (Fsp3) is 0.194. The van der Waals surface area contributed by atoms with Crippen LogP contribution in [0.4, 0.5) is 0 Å². The molecule has 3 heterocycles. The number of nitrogens with zero attached hydrogens (tertiary/aromatic N) is 3. The highest BCUT2D eigenvalue weighted by Crippen LogP contribution is 2.32. The van der Waals surface area contributed by atoms with Crippen LogP contribution < -0.4 is 5.32 Å². The van der Waals surface area contributed by atoms with Crippen molar-refractivity contribution in [3.05, 3.63) is 108 Å². The Labute approximate surface area is 211 Å². The summed E-state index contributed by atoms with van der Waals surface area (Å²) < 4.78 is 0. The zero-order chi connectivity index (χ0) is 24.3. The molecule has 36 heavy (non-hydrogen) atoms. The first kappa shape index (κ1) is 22.4. The Morgan fingerprint density at radius 3 is 2.67 bits per heavy atom. The second kappa shape index (κ2) is 9.88. The number of rotatable bonds is 6. The van der Waals surface area contributed by atoms with Gasteiger partial charge in [0.05, 0.1) is 28.9 Å². The van der Waals surface area contributed by atoms with Gasteiger partial charge in [-0.25, -0.2) is 4.98 Å². The van der Waals surface area contributed by atoms with Gasteiger partial charge in [-0.2, -0.15) is 0 Å². The maximum atomic E-state index is 4.77. The summed E-state index contributed by atoms with van der Waals surface area (Å²) in [6, 6.07) is 25.8. The van der Waals surface area contributed by atoms with Crippen molar-refractivity contribution in [3.63, 3.8) is 0 Å². The fourth-order valence-electron chi connectivity index (χ4n) is 4.98. The van der Waals surface area contributed by atoms with Crippen molar-refractivity contribution in [1.29, 1.82) is 0 Å². The zero-order valence-electron chi connectivity index (χ0n) is 20.4. The summed E-state index contributed by atoms with van der Waals surface area (Å²) in [5, 5.41) is 4.84. The minimum absolute atomic E-state index is 0.516. The molecular weight excluding hydrogens is 442 g/mol. The average Bonchev–Trinajstić information content (AvgIpc) is 3.42. The van der Waals surface area contributed by atoms with Crippen LogP contribution >= 0.6 is 0 Å². The summed E-state index contributed by atoms with van der Waals surface area (Å²) in [7, 11) is 0. The molecule has 1 aliphatic carbocycles. The van der Waals surface area contributed by atoms with Gasteiger partial charge in [0.25, 0.3) is 0 Å². The highest BCUT2D eigenvalue weighted by molar-refractivity contribution is 5.88. The van der Waals surface area contributed by atoms with E-state index in [-0.39, 0.29) is 0 Å². The minimum atomic E-state index is 0.516. The number of hydrogen-bond donors (Lipinski definition) is 2. The number of pyridine rings is 2. The second-order valence-electron chi connectivity index (χ2n) is 9.49. The molecule has 0 aliphatic heterocycles. The molecule has 0 radical (unpaired) electrons. The molecule has 1 aliphatic rings. The average molecular weight is 472 g/mol. The Hall–Kier alpha value is -4.09. The van der Waals surface area contributed by atoms with Crippen molar-refractivity contribution in [2.75, 3.05) is 0 Å². The third-order valence-electron chi connectivity index (χ3n) is 6.96. The first-order valence-corrected chi connectivity index (χ1v) is 12.6. The number of aromatic amines is 1. The van der Waals surface area contributed by atoms with E-state index in [9.17, 15) is 0 Å². The number of aromatic nitrogens is 4. The molecule has 5 heteroatoms. The number of hydrogen-bond acceptors (Lipinski definition) is 4. The van der Waals surface area contributed by atoms with Crippen LogP contribution in [0.1, 0.15) is 36.1 Å². The number of benzene rings is 2. The maximum absolute atomic E-state index is 4.77. The number of imidazole rings is 1. The van der Waals surface area contributed by atoms with Gasteiger partial charge in [-0.1, -0.05) is 48.5 Å². The van der Waals surface area contributed by atoms with Crippen LogP contribution in [0, 0.1) is 6.92 Å². The first-order valence-electron chi connectivity index (χ1n) is 12.6. The quantitative estimate of drug-likeness (QED) is 0.288. The van der Waals surface area contributed by atoms with E-state index in [1.54, 1.807) is 6.33 Å². The van der Waals surface area contributed by atoms with Gasteiger partial charge in [-0.05, 0) is 73.2 Å². The van der Waals surface area contributed by atoms with Crippen molar-refractivity contribution >= 4 is 16.5 Å². The number of nitrogens with one attached hydrogen (secondary N) is 2. The molecule has 0 saturated carbocycles. The molecule has 0 bridgehead atoms. The molecule has 0 amide bonds. The highest BCUT2D eigenvalue weighted by atomic mass is 14.9. The summed E-state index contributed by atoms with van der Waals surface area (Å²) in [5.74, 6) is 0. The van der Waals surface area contributed by atoms with Gasteiger partial charge in [-0.3, -0.25) is 9.97 Å². The molecule has 0 fully saturated rings. The van der Waals surface area contributed by atoms with E-state index in [4.69, 9.17) is 4.98 Å². The van der Waals surface area contributed by atoms with E-state index in [1.165, 1.54) is 16.7 Å². The topological polar surface area (TPSA) is 66.5 Å². The van der Waals surface area contributed by atoms with Crippen LogP contribution in [0.15, 0.2) is 91.4 Å². The summed E-state index contributed by atoms with van der Waals surface area (Å²) in [4.78, 5) is 17.4. The predicted octanol–water partition coefficient (Wildman–Crippen LogP) is 6.72. The Morgan fingerprint density at radius 2 is 1.83 bits per heavy atom. The monoisotopic (exact) mass is 471 g/mol. The zero-order valence-corrected chi connectivity index (χ0v) is 20.4. The molecule has 0 saturated heterocycles. The van der Waals surface area contributed by atoms with Crippen molar-refractivity contribution in [1.82, 2.24) is 25.3 Å². The van der Waals surface area contributed by atoms with Crippen molar-refractivity contribution in [3.8, 4) is 22.6 Å². The van der Waals surface area contributed by atoms with Crippen LogP contribution in [0.25, 0.3) is 39.1 Å². The van der Waals surface area contributed by atoms with E-state index in [1.807, 2.05) is 31.3 Å². The number of allylic oxidation sites excluding steroid dienone is 1. The molecule has 2 N–H and O–H groups in total. The maximum Gasteiger partial charge on any atom is 0.0977 e. The van der Waals surface area contributed by atoms with Gasteiger partial charge < -0.3 is 10.3 Å². The molecular formula is C31H29N5. The third-order valence-corrected chi connectivity index (χ3v) is 6.96. The largest absolute Gasteiger partial charge is 0.343 e. The fourth-order valence-corrected chi connectivity index (χ4v) is 4.98. The van der Waals surface area contributed by atoms with Crippen molar-refractivity contribution in [2.45, 2.75) is 38.8 Å². The minimum Gasteiger partial charge on any atom is -0.343 e. The summed E-state index contributed by atoms with van der Waals surface area (Å²) in [5.41, 5.74) is 9.71. The number of fused-ring (bicyclic) bond motifs is 1. The Kier molecular flexibility index (Phi) is 6.14. The molecule has 3 aromatic heterocycles. The van der Waals surface area contributed by atoms with E-state index in [0.29, 0.717) is 6.04 Å². The van der Waals surface area contributed by atoms with Crippen molar-refractivity contribution < 1.29 is 0 Å². The Balaban J connectivity index is 1.22. The molecule has 1 unspecified atom stereocenters.